The van der Waals surface area contributed by atoms with Gasteiger partial charge in [0.2, 0.25) is 17.7 Å². The number of amides is 5. The van der Waals surface area contributed by atoms with E-state index in [1.54, 1.807) is 26.7 Å². The van der Waals surface area contributed by atoms with Gasteiger partial charge in [0.1, 0.15) is 11.0 Å². The molecule has 8 rings (SSSR count). The molecule has 5 aromatic carbocycles. The van der Waals surface area contributed by atoms with Crippen molar-refractivity contribution in [1.29, 1.82) is 0 Å². The molecule has 3 aliphatic heterocycles. The lowest BCUT2D eigenvalue weighted by Crippen LogP contribution is -2.45. The number of aliphatic hydroxyl groups is 2. The number of benzene rings is 5. The number of hydrogen-bond acceptors (Lipinski definition) is 20. The number of nitrogens with one attached hydrogen (secondary N) is 1. The minimum Gasteiger partial charge on any atom is -0.396 e. The van der Waals surface area contributed by atoms with Crippen LogP contribution in [-0.2, 0) is 76.5 Å². The molecular weight excluding hydrogens is 1320 g/mol. The van der Waals surface area contributed by atoms with Gasteiger partial charge < -0.3 is 35.9 Å². The van der Waals surface area contributed by atoms with Gasteiger partial charge in [-0.1, -0.05) is 153 Å². The van der Waals surface area contributed by atoms with Crippen LogP contribution in [0.25, 0.3) is 0 Å². The molecule has 0 saturated carbocycles. The van der Waals surface area contributed by atoms with Gasteiger partial charge in [0.25, 0.3) is 32.1 Å². The number of hydroxylamine groups is 2. The summed E-state index contributed by atoms with van der Waals surface area (Å²) in [5.41, 5.74) is 11.4. The van der Waals surface area contributed by atoms with Crippen LogP contribution in [-0.4, -0.2) is 142 Å². The monoisotopic (exact) mass is 1390 g/mol. The normalized spacial score (nSPS) is 13.4. The van der Waals surface area contributed by atoms with Crippen molar-refractivity contribution in [2.24, 2.45) is 5.73 Å². The van der Waals surface area contributed by atoms with Crippen molar-refractivity contribution in [2.45, 2.75) is 106 Å². The van der Waals surface area contributed by atoms with E-state index in [0.29, 0.717) is 64.5 Å². The average Bonchev–Trinajstić information content (AvgIpc) is 1.44. The lowest BCUT2D eigenvalue weighted by Gasteiger charge is -2.26. The molecule has 93 heavy (non-hydrogen) atoms. The standard InChI is InChI=1S/C28H31NO7S3.C21H21N3O5S.C13H13NO4S2.C3H8O/c30-17-19-38-37-18-16-24(31)14-15-27(39(34,35)36)26(32)10-5-11-28(33)29-20-23-8-2-1-6-21(23)12-13-22-7-3-4-9-25(22)29;22-13-19(30(27,28)29)21(26)23-12-11-20(25)24-14-17-7-2-1-5-15(17)9-10-16-6-3-4-8-18(16)24;15-11-6-7-12(16)14(11)18-13(17)8-9-19-20-10-4-2-1-3-5-10;1-2-3-4/h1-4,6-9,27,30H,5,10-11,14-20H2,(H,34,35,36);1-8,19H,11-14,22H2,(H,23,26)(H,27,28,29);1-5H,6-9H2;4H,2-3H2,1H3. The summed E-state index contributed by atoms with van der Waals surface area (Å²) in [7, 11) is -3.36. The van der Waals surface area contributed by atoms with Gasteiger partial charge in [0.05, 0.1) is 37.5 Å². The minimum absolute atomic E-state index is 0.00444. The maximum Gasteiger partial charge on any atom is 0.334 e. The van der Waals surface area contributed by atoms with Crippen LogP contribution in [0.2, 0.25) is 0 Å². The summed E-state index contributed by atoms with van der Waals surface area (Å²) in [6.07, 6.45) is 0.825. The number of carbonyl (C=O) groups excluding carboxylic acids is 8. The molecular formula is C65H73N5O17S6. The fourth-order valence-corrected chi connectivity index (χ4v) is 14.0. The Morgan fingerprint density at radius 2 is 1.05 bits per heavy atom. The number of nitrogens with two attached hydrogens (primary N) is 1. The van der Waals surface area contributed by atoms with Crippen molar-refractivity contribution in [3.05, 3.63) is 161 Å². The number of anilines is 2. The molecule has 22 nitrogen and oxygen atoms in total. The summed E-state index contributed by atoms with van der Waals surface area (Å²) in [5, 5.41) is 16.1. The largest absolute Gasteiger partial charge is 0.396 e. The van der Waals surface area contributed by atoms with E-state index in [0.717, 1.165) is 33.6 Å². The van der Waals surface area contributed by atoms with E-state index in [2.05, 4.69) is 29.0 Å². The highest BCUT2D eigenvalue weighted by Gasteiger charge is 2.34. The maximum absolute atomic E-state index is 13.3. The van der Waals surface area contributed by atoms with E-state index in [-0.39, 0.29) is 95.0 Å². The van der Waals surface area contributed by atoms with Crippen molar-refractivity contribution >= 4 is 122 Å². The number of Topliss-reactive ketones (excluding diaryl/α,β-unsaturated/α-hetero) is 2. The molecule has 0 aliphatic carbocycles. The minimum atomic E-state index is -4.70. The van der Waals surface area contributed by atoms with Crippen LogP contribution < -0.4 is 20.9 Å². The van der Waals surface area contributed by atoms with E-state index >= 15 is 0 Å². The first-order valence-electron chi connectivity index (χ1n) is 29.4. The third-order valence-electron chi connectivity index (χ3n) is 13.5. The van der Waals surface area contributed by atoms with E-state index in [1.165, 1.54) is 32.4 Å². The summed E-state index contributed by atoms with van der Waals surface area (Å²) in [6, 6.07) is 39.5. The van der Waals surface area contributed by atoms with Gasteiger partial charge in [-0.25, -0.2) is 4.79 Å². The zero-order valence-electron chi connectivity index (χ0n) is 50.9. The van der Waals surface area contributed by atoms with Gasteiger partial charge in [0, 0.05) is 109 Å². The van der Waals surface area contributed by atoms with E-state index in [9.17, 15) is 59.7 Å². The Bertz CT molecular complexity index is 3740. The molecule has 0 bridgehead atoms. The number of aliphatic hydroxyl groups excluding tert-OH is 2. The maximum atomic E-state index is 13.3. The Morgan fingerprint density at radius 3 is 1.57 bits per heavy atom. The molecule has 3 aliphatic rings. The Kier molecular flexibility index (Phi) is 32.9. The second kappa shape index (κ2) is 40.0. The molecule has 496 valence electrons. The fraction of sp³-hybridized carbons (Fsp3) is 0.354. The van der Waals surface area contributed by atoms with Gasteiger partial charge in [-0.05, 0) is 78.9 Å². The average molecular weight is 1390 g/mol. The summed E-state index contributed by atoms with van der Waals surface area (Å²) in [6.45, 7) is 2.25. The number of hydrogen-bond donors (Lipinski definition) is 6. The van der Waals surface area contributed by atoms with Crippen LogP contribution in [0.1, 0.15) is 111 Å². The molecule has 5 aromatic rings. The smallest absolute Gasteiger partial charge is 0.334 e. The molecule has 0 spiro atoms. The number of nitrogens with zero attached hydrogens (tertiary/aromatic N) is 3. The Balaban J connectivity index is 0.000000257. The molecule has 1 fully saturated rings. The van der Waals surface area contributed by atoms with Gasteiger partial charge in [0.15, 0.2) is 11.0 Å². The zero-order chi connectivity index (χ0) is 67.8. The van der Waals surface area contributed by atoms with Crippen LogP contribution in [0.15, 0.2) is 132 Å². The molecule has 1 saturated heterocycles. The number of ketones is 2. The predicted molar refractivity (Wildman–Crippen MR) is 361 cm³/mol. The van der Waals surface area contributed by atoms with Crippen molar-refractivity contribution in [3.63, 3.8) is 0 Å². The van der Waals surface area contributed by atoms with Crippen molar-refractivity contribution < 1.29 is 79.3 Å². The first kappa shape index (κ1) is 76.4. The Labute approximate surface area is 557 Å². The van der Waals surface area contributed by atoms with Crippen molar-refractivity contribution in [1.82, 2.24) is 10.4 Å². The van der Waals surface area contributed by atoms with E-state index in [4.69, 9.17) is 25.3 Å². The molecule has 0 aromatic heterocycles. The zero-order valence-corrected chi connectivity index (χ0v) is 55.8. The second-order valence-corrected chi connectivity index (χ2v) is 28.7. The van der Waals surface area contributed by atoms with Crippen LogP contribution in [0.4, 0.5) is 11.4 Å². The lowest BCUT2D eigenvalue weighted by molar-refractivity contribution is -0.197. The molecule has 7 N–H and O–H groups in total. The number of para-hydroxylation sites is 2. The molecule has 0 radical (unpaired) electrons. The van der Waals surface area contributed by atoms with E-state index in [1.807, 2.05) is 128 Å². The summed E-state index contributed by atoms with van der Waals surface area (Å²) >= 11 is 0. The third-order valence-corrected chi connectivity index (χ3v) is 20.6. The number of carbonyl (C=O) groups is 8. The molecule has 2 atom stereocenters. The van der Waals surface area contributed by atoms with Crippen LogP contribution in [0, 0.1) is 23.7 Å². The quantitative estimate of drug-likeness (QED) is 0.00927. The molecule has 3 heterocycles. The summed E-state index contributed by atoms with van der Waals surface area (Å²) < 4.78 is 64.9. The van der Waals surface area contributed by atoms with Crippen molar-refractivity contribution in [2.75, 3.05) is 53.4 Å². The Morgan fingerprint density at radius 1 is 0.581 bits per heavy atom. The topological polar surface area (TPSA) is 343 Å². The second-order valence-electron chi connectivity index (χ2n) is 20.3. The first-order valence-corrected chi connectivity index (χ1v) is 37.2. The van der Waals surface area contributed by atoms with E-state index < -0.39 is 66.8 Å². The van der Waals surface area contributed by atoms with Crippen LogP contribution >= 0.6 is 43.2 Å². The van der Waals surface area contributed by atoms with Gasteiger partial charge >= 0.3 is 5.97 Å². The summed E-state index contributed by atoms with van der Waals surface area (Å²) in [5.74, 6) is 10.3. The highest BCUT2D eigenvalue weighted by molar-refractivity contribution is 8.77. The number of imide groups is 1. The van der Waals surface area contributed by atoms with Crippen LogP contribution in [0.5, 0.6) is 0 Å². The number of fused-ring (bicyclic) bond motifs is 4. The third kappa shape index (κ3) is 25.8. The van der Waals surface area contributed by atoms with Gasteiger partial charge in [-0.3, -0.25) is 42.7 Å². The number of rotatable bonds is 28. The fourth-order valence-electron chi connectivity index (χ4n) is 8.75. The predicted octanol–water partition coefficient (Wildman–Crippen LogP) is 7.51. The molecule has 5 amide bonds. The van der Waals surface area contributed by atoms with Gasteiger partial charge in [-0.2, -0.15) is 16.8 Å². The van der Waals surface area contributed by atoms with Gasteiger partial charge in [-0.15, -0.1) is 5.06 Å². The SMILES string of the molecule is CCCO.NCC(C(=O)NCCC(=O)N1Cc2ccccc2C#Cc2ccccc21)S(=O)(=O)O.O=C(CCSSCCO)CCC(C(=O)CCCC(=O)N1Cc2ccccc2C#Cc2ccccc21)S(=O)(=O)O.O=C(CCSSc1ccccc1)ON1C(=O)CCC1=O. The first-order chi connectivity index (χ1) is 44.6. The molecule has 2 unspecified atom stereocenters. The summed E-state index contributed by atoms with van der Waals surface area (Å²) in [4.78, 5) is 106. The highest BCUT2D eigenvalue weighted by Crippen LogP contribution is 2.32. The van der Waals surface area contributed by atoms with Crippen LogP contribution in [0.3, 0.4) is 0 Å². The Hall–Kier alpha value is -7.32. The highest BCUT2D eigenvalue weighted by atomic mass is 33.1. The molecule has 28 heteroatoms. The lowest BCUT2D eigenvalue weighted by atomic mass is 10.0. The van der Waals surface area contributed by atoms with Crippen molar-refractivity contribution in [3.8, 4) is 23.7 Å².